The van der Waals surface area contributed by atoms with Crippen molar-refractivity contribution in [3.8, 4) is 5.75 Å². The monoisotopic (exact) mass is 749 g/mol. The van der Waals surface area contributed by atoms with E-state index in [-0.39, 0.29) is 23.1 Å². The standard InChI is InChI=1S/C36H36Cl2F3N3O7/c1-33(2,3)50-31(47)35(32(48)51-34(4,5)6,15-16-44-30(46)25-18-23(36(39,40)41)10-14-28(25)42-43-44)19-29(45)22-8-11-24(12-9-22)49-20-21-7-13-26(37)27(38)17-21/h7-14,17-18H,15-16,19-20H2,1-6H3. The lowest BCUT2D eigenvalue weighted by atomic mass is 9.78. The molecule has 0 unspecified atom stereocenters. The maximum atomic E-state index is 14.0. The van der Waals surface area contributed by atoms with E-state index in [0.29, 0.717) is 21.9 Å². The van der Waals surface area contributed by atoms with E-state index in [1.165, 1.54) is 24.3 Å². The summed E-state index contributed by atoms with van der Waals surface area (Å²) in [6.45, 7) is 9.06. The maximum absolute atomic E-state index is 14.0. The van der Waals surface area contributed by atoms with Crippen LogP contribution in [-0.4, -0.2) is 43.9 Å². The quantitative estimate of drug-likeness (QED) is 0.0851. The third-order valence-electron chi connectivity index (χ3n) is 7.41. The number of halogens is 5. The Balaban J connectivity index is 1.69. The lowest BCUT2D eigenvalue weighted by molar-refractivity contribution is -0.186. The third kappa shape index (κ3) is 10.1. The molecule has 1 aromatic heterocycles. The Morgan fingerprint density at radius 3 is 1.96 bits per heavy atom. The third-order valence-corrected chi connectivity index (χ3v) is 8.15. The number of ether oxygens (including phenoxy) is 3. The van der Waals surface area contributed by atoms with Crippen LogP contribution in [0.3, 0.4) is 0 Å². The summed E-state index contributed by atoms with van der Waals surface area (Å²) in [6.07, 6.45) is -6.02. The molecule has 10 nitrogen and oxygen atoms in total. The maximum Gasteiger partial charge on any atom is 0.416 e. The highest BCUT2D eigenvalue weighted by Crippen LogP contribution is 2.37. The zero-order chi connectivity index (χ0) is 37.9. The number of esters is 2. The second kappa shape index (κ2) is 15.0. The minimum Gasteiger partial charge on any atom is -0.489 e. The van der Waals surface area contributed by atoms with Crippen LogP contribution >= 0.6 is 23.2 Å². The average Bonchev–Trinajstić information content (AvgIpc) is 3.02. The Hall–Kier alpha value is -4.49. The molecule has 0 amide bonds. The van der Waals surface area contributed by atoms with Crippen LogP contribution in [0.15, 0.2) is 65.5 Å². The first-order valence-corrected chi connectivity index (χ1v) is 16.5. The zero-order valence-corrected chi connectivity index (χ0v) is 30.2. The Kier molecular flexibility index (Phi) is 11.6. The normalized spacial score (nSPS) is 12.5. The Morgan fingerprint density at radius 2 is 1.41 bits per heavy atom. The number of alkyl halides is 3. The highest BCUT2D eigenvalue weighted by atomic mass is 35.5. The van der Waals surface area contributed by atoms with E-state index in [1.54, 1.807) is 59.7 Å². The Bertz CT molecular complexity index is 1970. The van der Waals surface area contributed by atoms with Gasteiger partial charge in [0, 0.05) is 18.5 Å². The zero-order valence-electron chi connectivity index (χ0n) is 28.7. The van der Waals surface area contributed by atoms with Crippen molar-refractivity contribution in [1.29, 1.82) is 0 Å². The molecule has 0 fully saturated rings. The summed E-state index contributed by atoms with van der Waals surface area (Å²) < 4.78 is 58.1. The van der Waals surface area contributed by atoms with Gasteiger partial charge in [0.1, 0.15) is 29.1 Å². The van der Waals surface area contributed by atoms with Gasteiger partial charge in [-0.3, -0.25) is 19.2 Å². The molecule has 4 aromatic rings. The lowest BCUT2D eigenvalue weighted by Gasteiger charge is -2.34. The van der Waals surface area contributed by atoms with Crippen molar-refractivity contribution in [2.45, 2.75) is 84.9 Å². The predicted molar refractivity (Wildman–Crippen MR) is 184 cm³/mol. The van der Waals surface area contributed by atoms with Crippen molar-refractivity contribution in [2.24, 2.45) is 5.41 Å². The van der Waals surface area contributed by atoms with Crippen molar-refractivity contribution >= 4 is 51.8 Å². The fourth-order valence-corrected chi connectivity index (χ4v) is 5.20. The largest absolute Gasteiger partial charge is 0.489 e. The molecule has 0 aliphatic carbocycles. The van der Waals surface area contributed by atoms with Crippen molar-refractivity contribution in [3.63, 3.8) is 0 Å². The van der Waals surface area contributed by atoms with Gasteiger partial charge in [-0.15, -0.1) is 5.10 Å². The van der Waals surface area contributed by atoms with Gasteiger partial charge in [0.15, 0.2) is 11.2 Å². The molecule has 0 spiro atoms. The van der Waals surface area contributed by atoms with Crippen molar-refractivity contribution in [2.75, 3.05) is 0 Å². The molecule has 0 saturated heterocycles. The van der Waals surface area contributed by atoms with E-state index in [2.05, 4.69) is 10.3 Å². The summed E-state index contributed by atoms with van der Waals surface area (Å²) >= 11 is 12.0. The number of rotatable bonds is 11. The topological polar surface area (TPSA) is 127 Å². The number of Topliss-reactive ketones (excluding diaryl/α,β-unsaturated/α-hetero) is 1. The number of aryl methyl sites for hydroxylation is 1. The van der Waals surface area contributed by atoms with Crippen molar-refractivity contribution < 1.29 is 41.8 Å². The molecule has 0 aliphatic rings. The number of nitrogens with zero attached hydrogens (tertiary/aromatic N) is 3. The van der Waals surface area contributed by atoms with Crippen LogP contribution in [0.4, 0.5) is 13.2 Å². The van der Waals surface area contributed by atoms with Crippen molar-refractivity contribution in [1.82, 2.24) is 15.0 Å². The van der Waals surface area contributed by atoms with Gasteiger partial charge in [0.25, 0.3) is 5.56 Å². The molecule has 0 bridgehead atoms. The van der Waals surface area contributed by atoms with Gasteiger partial charge in [-0.1, -0.05) is 34.5 Å². The molecule has 0 atom stereocenters. The first-order valence-electron chi connectivity index (χ1n) is 15.7. The molecule has 4 rings (SSSR count). The number of ketones is 1. The second-order valence-corrected chi connectivity index (χ2v) is 14.7. The van der Waals surface area contributed by atoms with Gasteiger partial charge in [0.2, 0.25) is 0 Å². The summed E-state index contributed by atoms with van der Waals surface area (Å²) in [4.78, 5) is 55.2. The predicted octanol–water partition coefficient (Wildman–Crippen LogP) is 8.03. The lowest BCUT2D eigenvalue weighted by Crippen LogP contribution is -2.49. The van der Waals surface area contributed by atoms with E-state index in [1.807, 2.05) is 0 Å². The van der Waals surface area contributed by atoms with E-state index < -0.39 is 71.0 Å². The smallest absolute Gasteiger partial charge is 0.416 e. The number of benzene rings is 3. The van der Waals surface area contributed by atoms with Gasteiger partial charge in [-0.25, -0.2) is 4.68 Å². The number of carbonyl (C=O) groups excluding carboxylic acids is 3. The number of hydrogen-bond donors (Lipinski definition) is 0. The fourth-order valence-electron chi connectivity index (χ4n) is 4.88. The minimum atomic E-state index is -4.73. The summed E-state index contributed by atoms with van der Waals surface area (Å²) in [5, 5.41) is 8.06. The van der Waals surface area contributed by atoms with Crippen molar-refractivity contribution in [3.05, 3.63) is 97.8 Å². The van der Waals surface area contributed by atoms with Crippen LogP contribution in [0.1, 0.15) is 75.9 Å². The summed E-state index contributed by atoms with van der Waals surface area (Å²) in [5.41, 5.74) is -5.78. The first kappa shape index (κ1) is 39.3. The van der Waals surface area contributed by atoms with Crippen LogP contribution in [0, 0.1) is 5.41 Å². The summed E-state index contributed by atoms with van der Waals surface area (Å²) in [5.74, 6) is -2.43. The molecular formula is C36H36Cl2F3N3O7. The van der Waals surface area contributed by atoms with Crippen LogP contribution in [-0.2, 0) is 38.4 Å². The second-order valence-electron chi connectivity index (χ2n) is 13.8. The molecule has 272 valence electrons. The molecule has 1 heterocycles. The van der Waals surface area contributed by atoms with Gasteiger partial charge in [-0.05, 0) is 108 Å². The van der Waals surface area contributed by atoms with Gasteiger partial charge in [-0.2, -0.15) is 13.2 Å². The van der Waals surface area contributed by atoms with Crippen LogP contribution in [0.5, 0.6) is 5.75 Å². The number of aromatic nitrogens is 3. The molecule has 51 heavy (non-hydrogen) atoms. The van der Waals surface area contributed by atoms with Crippen LogP contribution in [0.25, 0.3) is 10.9 Å². The Labute approximate surface area is 301 Å². The van der Waals surface area contributed by atoms with Gasteiger partial charge < -0.3 is 14.2 Å². The average molecular weight is 751 g/mol. The molecule has 3 aromatic carbocycles. The highest BCUT2D eigenvalue weighted by molar-refractivity contribution is 6.42. The number of fused-ring (bicyclic) bond motifs is 1. The number of carbonyl (C=O) groups is 3. The highest BCUT2D eigenvalue weighted by Gasteiger charge is 2.52. The van der Waals surface area contributed by atoms with Gasteiger partial charge in [0.05, 0.1) is 21.0 Å². The van der Waals surface area contributed by atoms with E-state index in [4.69, 9.17) is 37.4 Å². The van der Waals surface area contributed by atoms with E-state index in [9.17, 15) is 32.3 Å². The van der Waals surface area contributed by atoms with E-state index >= 15 is 0 Å². The summed E-state index contributed by atoms with van der Waals surface area (Å²) in [7, 11) is 0. The first-order chi connectivity index (χ1) is 23.6. The molecule has 0 saturated carbocycles. The van der Waals surface area contributed by atoms with Crippen LogP contribution < -0.4 is 10.3 Å². The minimum absolute atomic E-state index is 0.0886. The van der Waals surface area contributed by atoms with Gasteiger partial charge >= 0.3 is 18.1 Å². The Morgan fingerprint density at radius 1 is 0.804 bits per heavy atom. The summed E-state index contributed by atoms with van der Waals surface area (Å²) in [6, 6.07) is 13.5. The molecular weight excluding hydrogens is 714 g/mol. The fraction of sp³-hybridized carbons (Fsp3) is 0.389. The molecule has 0 aliphatic heterocycles. The molecule has 15 heteroatoms. The number of hydrogen-bond acceptors (Lipinski definition) is 9. The SMILES string of the molecule is CC(C)(C)OC(=O)C(CCn1nnc2ccc(C(F)(F)F)cc2c1=O)(CC(=O)c1ccc(OCc2ccc(Cl)c(Cl)c2)cc1)C(=O)OC(C)(C)C. The molecule has 0 radical (unpaired) electrons. The molecule has 0 N–H and O–H groups in total. The van der Waals surface area contributed by atoms with Crippen LogP contribution in [0.2, 0.25) is 10.0 Å². The van der Waals surface area contributed by atoms with E-state index in [0.717, 1.165) is 22.4 Å².